The average Bonchev–Trinajstić information content (AvgIpc) is 2.44. The fourth-order valence-corrected chi connectivity index (χ4v) is 1.71. The van der Waals surface area contributed by atoms with Gasteiger partial charge in [0.1, 0.15) is 5.75 Å². The smallest absolute Gasteiger partial charge is 0.122 e. The highest BCUT2D eigenvalue weighted by atomic mass is 16.3. The highest BCUT2D eigenvalue weighted by Crippen LogP contribution is 2.21. The molecule has 0 unspecified atom stereocenters. The van der Waals surface area contributed by atoms with Crippen LogP contribution >= 0.6 is 0 Å². The van der Waals surface area contributed by atoms with E-state index < -0.39 is 0 Å². The molecule has 94 valence electrons. The molecular weight excluding hydrogens is 220 g/mol. The molecule has 0 aliphatic rings. The molecule has 2 rings (SSSR count). The van der Waals surface area contributed by atoms with Crippen molar-refractivity contribution in [1.82, 2.24) is 0 Å². The van der Waals surface area contributed by atoms with Gasteiger partial charge in [-0.15, -0.1) is 0 Å². The fourth-order valence-electron chi connectivity index (χ4n) is 1.71. The van der Waals surface area contributed by atoms with Crippen LogP contribution in [0.2, 0.25) is 0 Å². The van der Waals surface area contributed by atoms with Crippen LogP contribution in [-0.4, -0.2) is 5.11 Å². The van der Waals surface area contributed by atoms with Gasteiger partial charge in [0.25, 0.3) is 0 Å². The Morgan fingerprint density at radius 2 is 1.67 bits per heavy atom. The molecule has 0 atom stereocenters. The summed E-state index contributed by atoms with van der Waals surface area (Å²) in [5.74, 6) is 0.284. The lowest BCUT2D eigenvalue weighted by Gasteiger charge is -2.04. The zero-order valence-electron chi connectivity index (χ0n) is 11.1. The highest BCUT2D eigenvalue weighted by molar-refractivity contribution is 5.56. The predicted molar refractivity (Wildman–Crippen MR) is 78.8 cm³/mol. The number of hydrogen-bond donors (Lipinski definition) is 1. The van der Waals surface area contributed by atoms with Gasteiger partial charge in [-0.2, -0.15) is 0 Å². The molecule has 0 fully saturated rings. The maximum absolute atomic E-state index is 9.53. The van der Waals surface area contributed by atoms with Crippen LogP contribution in [0.5, 0.6) is 5.75 Å². The van der Waals surface area contributed by atoms with E-state index in [4.69, 9.17) is 0 Å². The summed E-state index contributed by atoms with van der Waals surface area (Å²) < 4.78 is 0. The summed E-state index contributed by atoms with van der Waals surface area (Å²) in [6.45, 7) is 7.68. The van der Waals surface area contributed by atoms with E-state index in [1.807, 2.05) is 44.2 Å². The van der Waals surface area contributed by atoms with Gasteiger partial charge in [0.05, 0.1) is 0 Å². The first-order valence-corrected chi connectivity index (χ1v) is 6.28. The molecule has 0 bridgehead atoms. The molecule has 0 aromatic heterocycles. The van der Waals surface area contributed by atoms with Gasteiger partial charge in [0.2, 0.25) is 0 Å². The Balaban J connectivity index is 0.000000771. The van der Waals surface area contributed by atoms with Crippen molar-refractivity contribution in [3.63, 3.8) is 0 Å². The van der Waals surface area contributed by atoms with E-state index in [1.54, 1.807) is 12.1 Å². The topological polar surface area (TPSA) is 20.2 Å². The molecule has 0 saturated carbocycles. The average molecular weight is 240 g/mol. The van der Waals surface area contributed by atoms with Crippen LogP contribution in [0.3, 0.4) is 0 Å². The second-order valence-electron chi connectivity index (χ2n) is 3.76. The quantitative estimate of drug-likeness (QED) is 0.827. The monoisotopic (exact) mass is 240 g/mol. The van der Waals surface area contributed by atoms with E-state index in [9.17, 15) is 5.11 Å². The van der Waals surface area contributed by atoms with Gasteiger partial charge in [-0.05, 0) is 29.7 Å². The van der Waals surface area contributed by atoms with Crippen molar-refractivity contribution in [2.45, 2.75) is 20.3 Å². The Morgan fingerprint density at radius 1 is 1.00 bits per heavy atom. The van der Waals surface area contributed by atoms with Crippen LogP contribution in [0.15, 0.2) is 55.1 Å². The Kier molecular flexibility index (Phi) is 5.72. The van der Waals surface area contributed by atoms with Gasteiger partial charge in [0, 0.05) is 5.56 Å². The minimum absolute atomic E-state index is 0.284. The lowest BCUT2D eigenvalue weighted by molar-refractivity contribution is 0.474. The normalized spacial score (nSPS) is 9.22. The first-order valence-electron chi connectivity index (χ1n) is 6.28. The largest absolute Gasteiger partial charge is 0.507 e. The molecule has 0 spiro atoms. The van der Waals surface area contributed by atoms with E-state index in [0.29, 0.717) is 0 Å². The first-order chi connectivity index (χ1) is 8.79. The van der Waals surface area contributed by atoms with E-state index >= 15 is 0 Å². The zero-order chi connectivity index (χ0) is 13.4. The van der Waals surface area contributed by atoms with Crippen LogP contribution in [0, 0.1) is 0 Å². The van der Waals surface area contributed by atoms with Gasteiger partial charge in [-0.25, -0.2) is 0 Å². The lowest BCUT2D eigenvalue weighted by atomic mass is 10.0. The molecule has 1 N–H and O–H groups in total. The second kappa shape index (κ2) is 7.33. The molecule has 0 amide bonds. The van der Waals surface area contributed by atoms with Crippen molar-refractivity contribution in [1.29, 1.82) is 0 Å². The standard InChI is InChI=1S/C15H14O.C2H6/c1-2-14-11-13(8-9-15(14)16)10-12-6-4-3-5-7-12;1-2/h2-9,11,16H,1,10H2;1-2H3. The molecule has 2 aromatic rings. The zero-order valence-corrected chi connectivity index (χ0v) is 11.1. The summed E-state index contributed by atoms with van der Waals surface area (Å²) in [6, 6.07) is 15.9. The summed E-state index contributed by atoms with van der Waals surface area (Å²) in [4.78, 5) is 0. The number of hydrogen-bond acceptors (Lipinski definition) is 1. The number of phenolic OH excluding ortho intramolecular Hbond substituents is 1. The third-order valence-corrected chi connectivity index (χ3v) is 2.56. The molecule has 1 nitrogen and oxygen atoms in total. The van der Waals surface area contributed by atoms with Crippen molar-refractivity contribution in [2.24, 2.45) is 0 Å². The van der Waals surface area contributed by atoms with E-state index in [-0.39, 0.29) is 5.75 Å². The Hall–Kier alpha value is -2.02. The third kappa shape index (κ3) is 3.77. The van der Waals surface area contributed by atoms with Crippen LogP contribution in [0.25, 0.3) is 6.08 Å². The summed E-state index contributed by atoms with van der Waals surface area (Å²) in [6.07, 6.45) is 2.55. The third-order valence-electron chi connectivity index (χ3n) is 2.56. The summed E-state index contributed by atoms with van der Waals surface area (Å²) >= 11 is 0. The van der Waals surface area contributed by atoms with Crippen molar-refractivity contribution >= 4 is 6.08 Å². The van der Waals surface area contributed by atoms with E-state index in [0.717, 1.165) is 12.0 Å². The molecule has 0 saturated heterocycles. The number of benzene rings is 2. The predicted octanol–water partition coefficient (Wildman–Crippen LogP) is 4.65. The number of aromatic hydroxyl groups is 1. The molecule has 18 heavy (non-hydrogen) atoms. The summed E-state index contributed by atoms with van der Waals surface area (Å²) in [5.41, 5.74) is 3.23. The SMILES string of the molecule is C=Cc1cc(Cc2ccccc2)ccc1O.CC. The van der Waals surface area contributed by atoms with Gasteiger partial charge < -0.3 is 5.11 Å². The Bertz CT molecular complexity index is 486. The summed E-state index contributed by atoms with van der Waals surface area (Å²) in [5, 5.41) is 9.53. The molecule has 0 aliphatic carbocycles. The van der Waals surface area contributed by atoms with Gasteiger partial charge in [0.15, 0.2) is 0 Å². The highest BCUT2D eigenvalue weighted by Gasteiger charge is 2.00. The Labute approximate surface area is 109 Å². The molecule has 0 aliphatic heterocycles. The van der Waals surface area contributed by atoms with Crippen molar-refractivity contribution < 1.29 is 5.11 Å². The van der Waals surface area contributed by atoms with Crippen LogP contribution < -0.4 is 0 Å². The first kappa shape index (κ1) is 14.0. The molecule has 1 heteroatoms. The molecule has 2 aromatic carbocycles. The lowest BCUT2D eigenvalue weighted by Crippen LogP contribution is -1.88. The maximum atomic E-state index is 9.53. The summed E-state index contributed by atoms with van der Waals surface area (Å²) in [7, 11) is 0. The molecule has 0 heterocycles. The van der Waals surface area contributed by atoms with E-state index in [1.165, 1.54) is 11.1 Å². The van der Waals surface area contributed by atoms with Crippen LogP contribution in [-0.2, 0) is 6.42 Å². The van der Waals surface area contributed by atoms with Crippen molar-refractivity contribution in [2.75, 3.05) is 0 Å². The van der Waals surface area contributed by atoms with E-state index in [2.05, 4.69) is 18.7 Å². The van der Waals surface area contributed by atoms with Gasteiger partial charge in [-0.3, -0.25) is 0 Å². The number of phenols is 1. The van der Waals surface area contributed by atoms with Gasteiger partial charge in [-0.1, -0.05) is 62.9 Å². The van der Waals surface area contributed by atoms with Crippen molar-refractivity contribution in [3.05, 3.63) is 71.8 Å². The van der Waals surface area contributed by atoms with Gasteiger partial charge >= 0.3 is 0 Å². The van der Waals surface area contributed by atoms with Crippen molar-refractivity contribution in [3.8, 4) is 5.75 Å². The second-order valence-corrected chi connectivity index (χ2v) is 3.76. The fraction of sp³-hybridized carbons (Fsp3) is 0.176. The minimum atomic E-state index is 0.284. The number of rotatable bonds is 3. The molecular formula is C17H20O. The maximum Gasteiger partial charge on any atom is 0.122 e. The Morgan fingerprint density at radius 3 is 2.28 bits per heavy atom. The molecule has 0 radical (unpaired) electrons. The van der Waals surface area contributed by atoms with Crippen LogP contribution in [0.4, 0.5) is 0 Å². The van der Waals surface area contributed by atoms with Crippen LogP contribution in [0.1, 0.15) is 30.5 Å². The minimum Gasteiger partial charge on any atom is -0.507 e.